The van der Waals surface area contributed by atoms with Crippen molar-refractivity contribution in [2.75, 3.05) is 0 Å². The van der Waals surface area contributed by atoms with Crippen LogP contribution in [-0.2, 0) is 0 Å². The van der Waals surface area contributed by atoms with Crippen molar-refractivity contribution in [3.8, 4) is 0 Å². The first-order valence-corrected chi connectivity index (χ1v) is 5.92. The van der Waals surface area contributed by atoms with Crippen LogP contribution in [0.1, 0.15) is 58.2 Å². The first-order valence-electron chi connectivity index (χ1n) is 5.92. The molecule has 15 heavy (non-hydrogen) atoms. The molecule has 1 fully saturated rings. The molecule has 0 amide bonds. The van der Waals surface area contributed by atoms with E-state index in [1.165, 1.54) is 25.7 Å². The predicted octanol–water partition coefficient (Wildman–Crippen LogP) is 3.12. The highest BCUT2D eigenvalue weighted by atomic mass is 15.2. The van der Waals surface area contributed by atoms with E-state index >= 15 is 0 Å². The van der Waals surface area contributed by atoms with Crippen LogP contribution in [0.25, 0.3) is 0 Å². The number of H-pyrrole nitrogens is 1. The molecule has 1 N–H and O–H groups in total. The molecule has 2 rings (SSSR count). The quantitative estimate of drug-likeness (QED) is 0.768. The topological polar surface area (TPSA) is 41.6 Å². The van der Waals surface area contributed by atoms with Gasteiger partial charge in [-0.1, -0.05) is 20.8 Å². The van der Waals surface area contributed by atoms with Crippen molar-refractivity contribution in [1.82, 2.24) is 15.2 Å². The van der Waals surface area contributed by atoms with Gasteiger partial charge in [0.15, 0.2) is 0 Å². The first-order chi connectivity index (χ1) is 7.07. The number of rotatable bonds is 1. The summed E-state index contributed by atoms with van der Waals surface area (Å²) in [5.41, 5.74) is 0.465. The first kappa shape index (κ1) is 10.7. The molecular formula is C12H21N3. The van der Waals surface area contributed by atoms with Crippen LogP contribution in [0.5, 0.6) is 0 Å². The summed E-state index contributed by atoms with van der Waals surface area (Å²) in [7, 11) is 0. The van der Waals surface area contributed by atoms with E-state index < -0.39 is 0 Å². The van der Waals surface area contributed by atoms with E-state index in [9.17, 15) is 0 Å². The Balaban J connectivity index is 1.93. The standard InChI is InChI=1S/C12H21N3/c1-12(2,3)10-6-4-9(5-7-10)11-13-8-14-15-11/h8-10H,4-7H2,1-3H3,(H,13,14,15). The summed E-state index contributed by atoms with van der Waals surface area (Å²) in [5.74, 6) is 2.57. The van der Waals surface area contributed by atoms with Gasteiger partial charge in [-0.2, -0.15) is 5.10 Å². The van der Waals surface area contributed by atoms with E-state index in [0.29, 0.717) is 11.3 Å². The molecule has 1 saturated carbocycles. The van der Waals surface area contributed by atoms with Gasteiger partial charge in [0.25, 0.3) is 0 Å². The highest BCUT2D eigenvalue weighted by molar-refractivity contribution is 4.96. The Morgan fingerprint density at radius 2 is 1.87 bits per heavy atom. The molecule has 0 aliphatic heterocycles. The van der Waals surface area contributed by atoms with Crippen molar-refractivity contribution < 1.29 is 0 Å². The van der Waals surface area contributed by atoms with Gasteiger partial charge in [-0.15, -0.1) is 0 Å². The lowest BCUT2D eigenvalue weighted by molar-refractivity contribution is 0.167. The fraction of sp³-hybridized carbons (Fsp3) is 0.833. The summed E-state index contributed by atoms with van der Waals surface area (Å²) in [4.78, 5) is 4.26. The van der Waals surface area contributed by atoms with Crippen LogP contribution in [0.3, 0.4) is 0 Å². The lowest BCUT2D eigenvalue weighted by Crippen LogP contribution is -2.25. The molecule has 0 bridgehead atoms. The summed E-state index contributed by atoms with van der Waals surface area (Å²) in [6, 6.07) is 0. The molecule has 3 heteroatoms. The lowest BCUT2D eigenvalue weighted by atomic mass is 9.70. The molecule has 84 valence electrons. The van der Waals surface area contributed by atoms with Gasteiger partial charge in [-0.25, -0.2) is 4.98 Å². The van der Waals surface area contributed by atoms with Crippen molar-refractivity contribution in [2.24, 2.45) is 11.3 Å². The smallest absolute Gasteiger partial charge is 0.137 e. The van der Waals surface area contributed by atoms with Crippen molar-refractivity contribution in [3.05, 3.63) is 12.2 Å². The zero-order valence-electron chi connectivity index (χ0n) is 9.95. The molecule has 1 aliphatic rings. The molecule has 0 spiro atoms. The molecule has 0 saturated heterocycles. The zero-order chi connectivity index (χ0) is 10.9. The third-order valence-electron chi connectivity index (χ3n) is 3.77. The summed E-state index contributed by atoms with van der Waals surface area (Å²) in [6.07, 6.45) is 6.79. The Hall–Kier alpha value is -0.860. The molecular weight excluding hydrogens is 186 g/mol. The number of aromatic amines is 1. The minimum absolute atomic E-state index is 0.465. The molecule has 0 aromatic carbocycles. The minimum Gasteiger partial charge on any atom is -0.263 e. The Labute approximate surface area is 91.7 Å². The highest BCUT2D eigenvalue weighted by Crippen LogP contribution is 2.42. The summed E-state index contributed by atoms with van der Waals surface area (Å²) < 4.78 is 0. The molecule has 0 unspecified atom stereocenters. The molecule has 1 heterocycles. The monoisotopic (exact) mass is 207 g/mol. The van der Waals surface area contributed by atoms with E-state index in [1.54, 1.807) is 6.33 Å². The minimum atomic E-state index is 0.465. The Morgan fingerprint density at radius 3 is 2.33 bits per heavy atom. The van der Waals surface area contributed by atoms with Crippen LogP contribution in [0.2, 0.25) is 0 Å². The van der Waals surface area contributed by atoms with E-state index in [-0.39, 0.29) is 0 Å². The number of hydrogen-bond donors (Lipinski definition) is 1. The Bertz CT molecular complexity index is 289. The maximum Gasteiger partial charge on any atom is 0.137 e. The second-order valence-electron chi connectivity index (χ2n) is 5.79. The molecule has 1 aliphatic carbocycles. The van der Waals surface area contributed by atoms with Crippen molar-refractivity contribution in [2.45, 2.75) is 52.4 Å². The zero-order valence-corrected chi connectivity index (χ0v) is 9.95. The average Bonchev–Trinajstić information content (AvgIpc) is 2.69. The number of nitrogens with zero attached hydrogens (tertiary/aromatic N) is 2. The van der Waals surface area contributed by atoms with Gasteiger partial charge in [0.2, 0.25) is 0 Å². The van der Waals surface area contributed by atoms with Gasteiger partial charge in [-0.05, 0) is 37.0 Å². The van der Waals surface area contributed by atoms with E-state index in [1.807, 2.05) is 0 Å². The van der Waals surface area contributed by atoms with Crippen molar-refractivity contribution in [1.29, 1.82) is 0 Å². The van der Waals surface area contributed by atoms with Crippen LogP contribution in [0, 0.1) is 11.3 Å². The van der Waals surface area contributed by atoms with Crippen LogP contribution in [0.15, 0.2) is 6.33 Å². The number of aromatic nitrogens is 3. The van der Waals surface area contributed by atoms with Gasteiger partial charge < -0.3 is 0 Å². The third kappa shape index (κ3) is 2.39. The lowest BCUT2D eigenvalue weighted by Gasteiger charge is -2.36. The highest BCUT2D eigenvalue weighted by Gasteiger charge is 2.30. The summed E-state index contributed by atoms with van der Waals surface area (Å²) in [6.45, 7) is 7.06. The SMILES string of the molecule is CC(C)(C)C1CCC(c2ncn[nH]2)CC1. The van der Waals surface area contributed by atoms with Gasteiger partial charge in [0.1, 0.15) is 12.2 Å². The van der Waals surface area contributed by atoms with E-state index in [0.717, 1.165) is 11.7 Å². The second-order valence-corrected chi connectivity index (χ2v) is 5.79. The largest absolute Gasteiger partial charge is 0.263 e. The Morgan fingerprint density at radius 1 is 1.20 bits per heavy atom. The summed E-state index contributed by atoms with van der Waals surface area (Å²) in [5, 5.41) is 6.93. The number of nitrogens with one attached hydrogen (secondary N) is 1. The van der Waals surface area contributed by atoms with Crippen LogP contribution < -0.4 is 0 Å². The maximum atomic E-state index is 4.26. The number of hydrogen-bond acceptors (Lipinski definition) is 2. The van der Waals surface area contributed by atoms with Gasteiger partial charge in [-0.3, -0.25) is 5.10 Å². The van der Waals surface area contributed by atoms with Crippen molar-refractivity contribution in [3.63, 3.8) is 0 Å². The average molecular weight is 207 g/mol. The van der Waals surface area contributed by atoms with E-state index in [2.05, 4.69) is 36.0 Å². The predicted molar refractivity (Wildman–Crippen MR) is 60.5 cm³/mol. The molecule has 0 radical (unpaired) electrons. The maximum absolute atomic E-state index is 4.26. The van der Waals surface area contributed by atoms with Gasteiger partial charge >= 0.3 is 0 Å². The normalized spacial score (nSPS) is 27.9. The van der Waals surface area contributed by atoms with E-state index in [4.69, 9.17) is 0 Å². The van der Waals surface area contributed by atoms with Crippen LogP contribution >= 0.6 is 0 Å². The summed E-state index contributed by atoms with van der Waals surface area (Å²) >= 11 is 0. The second kappa shape index (κ2) is 3.95. The fourth-order valence-corrected chi connectivity index (χ4v) is 2.64. The molecule has 1 aromatic rings. The third-order valence-corrected chi connectivity index (χ3v) is 3.77. The molecule has 1 aromatic heterocycles. The van der Waals surface area contributed by atoms with Crippen LogP contribution in [0.4, 0.5) is 0 Å². The van der Waals surface area contributed by atoms with Gasteiger partial charge in [0.05, 0.1) is 0 Å². The molecule has 0 atom stereocenters. The fourth-order valence-electron chi connectivity index (χ4n) is 2.64. The van der Waals surface area contributed by atoms with Gasteiger partial charge in [0, 0.05) is 5.92 Å². The van der Waals surface area contributed by atoms with Crippen LogP contribution in [-0.4, -0.2) is 15.2 Å². The van der Waals surface area contributed by atoms with Crippen molar-refractivity contribution >= 4 is 0 Å². The molecule has 3 nitrogen and oxygen atoms in total. The Kier molecular flexibility index (Phi) is 2.81.